The fraction of sp³-hybridized carbons (Fsp3) is 0.154. The Labute approximate surface area is 211 Å². The minimum absolute atomic E-state index is 0.207. The van der Waals surface area contributed by atoms with E-state index in [9.17, 15) is 9.59 Å². The van der Waals surface area contributed by atoms with Crippen LogP contribution in [0.25, 0.3) is 11.7 Å². The highest BCUT2D eigenvalue weighted by Gasteiger charge is 2.32. The Kier molecular flexibility index (Phi) is 6.52. The van der Waals surface area contributed by atoms with Crippen LogP contribution in [0.3, 0.4) is 0 Å². The average molecular weight is 503 g/mol. The van der Waals surface area contributed by atoms with Crippen LogP contribution < -0.4 is 10.9 Å². The summed E-state index contributed by atoms with van der Waals surface area (Å²) in [6.07, 6.45) is 5.61. The Hall–Kier alpha value is -3.69. The molecule has 4 aromatic rings. The number of amides is 1. The highest BCUT2D eigenvalue weighted by molar-refractivity contribution is 8.26. The number of pyridine rings is 1. The van der Waals surface area contributed by atoms with E-state index in [0.717, 1.165) is 11.1 Å². The zero-order valence-corrected chi connectivity index (χ0v) is 20.6. The van der Waals surface area contributed by atoms with Gasteiger partial charge < -0.3 is 9.73 Å². The SMILES string of the molecule is Cc1ccc2nc(NCc3ccco3)c(C=C3SC(=S)N(CCc4ccccc4)C3=O)c(=O)n2c1. The van der Waals surface area contributed by atoms with Gasteiger partial charge in [0, 0.05) is 12.7 Å². The number of anilines is 1. The Morgan fingerprint density at radius 3 is 2.71 bits per heavy atom. The molecule has 1 saturated heterocycles. The maximum Gasteiger partial charge on any atom is 0.267 e. The van der Waals surface area contributed by atoms with Gasteiger partial charge in [-0.25, -0.2) is 4.98 Å². The number of nitrogens with one attached hydrogen (secondary N) is 1. The van der Waals surface area contributed by atoms with Crippen molar-refractivity contribution in [2.75, 3.05) is 11.9 Å². The summed E-state index contributed by atoms with van der Waals surface area (Å²) in [7, 11) is 0. The molecule has 1 N–H and O–H groups in total. The first-order valence-corrected chi connectivity index (χ1v) is 12.3. The van der Waals surface area contributed by atoms with Gasteiger partial charge in [-0.15, -0.1) is 0 Å². The third-order valence-corrected chi connectivity index (χ3v) is 7.01. The molecule has 35 heavy (non-hydrogen) atoms. The van der Waals surface area contributed by atoms with Crippen molar-refractivity contribution in [3.8, 4) is 0 Å². The summed E-state index contributed by atoms with van der Waals surface area (Å²) in [6.45, 7) is 2.73. The van der Waals surface area contributed by atoms with Gasteiger partial charge in [0.2, 0.25) is 0 Å². The number of furan rings is 1. The second kappa shape index (κ2) is 9.89. The van der Waals surface area contributed by atoms with Crippen LogP contribution in [0.1, 0.15) is 22.5 Å². The summed E-state index contributed by atoms with van der Waals surface area (Å²) in [5.74, 6) is 0.876. The lowest BCUT2D eigenvalue weighted by atomic mass is 10.1. The Morgan fingerprint density at radius 1 is 1.11 bits per heavy atom. The monoisotopic (exact) mass is 502 g/mol. The number of carbonyl (C=O) groups is 1. The van der Waals surface area contributed by atoms with Gasteiger partial charge in [0.1, 0.15) is 21.5 Å². The lowest BCUT2D eigenvalue weighted by Gasteiger charge is -2.14. The average Bonchev–Trinajstić information content (AvgIpc) is 3.47. The topological polar surface area (TPSA) is 79.8 Å². The first-order valence-electron chi connectivity index (χ1n) is 11.1. The van der Waals surface area contributed by atoms with Crippen molar-refractivity contribution in [1.29, 1.82) is 0 Å². The molecule has 3 aromatic heterocycles. The Bertz CT molecular complexity index is 1490. The minimum atomic E-state index is -0.268. The van der Waals surface area contributed by atoms with Gasteiger partial charge in [-0.2, -0.15) is 0 Å². The normalized spacial score (nSPS) is 14.9. The number of carbonyl (C=O) groups excluding carboxylic acids is 1. The molecule has 0 radical (unpaired) electrons. The van der Waals surface area contributed by atoms with Crippen molar-refractivity contribution in [2.45, 2.75) is 19.9 Å². The zero-order valence-electron chi connectivity index (χ0n) is 18.9. The summed E-state index contributed by atoms with van der Waals surface area (Å²) in [6, 6.07) is 17.3. The summed E-state index contributed by atoms with van der Waals surface area (Å²) >= 11 is 6.69. The molecule has 176 valence electrons. The van der Waals surface area contributed by atoms with E-state index in [0.29, 0.717) is 51.5 Å². The van der Waals surface area contributed by atoms with Crippen molar-refractivity contribution in [3.05, 3.63) is 105 Å². The van der Waals surface area contributed by atoms with Gasteiger partial charge in [0.05, 0.1) is 23.3 Å². The molecule has 0 aliphatic carbocycles. The van der Waals surface area contributed by atoms with E-state index in [-0.39, 0.29) is 11.5 Å². The van der Waals surface area contributed by atoms with Crippen LogP contribution in [0.4, 0.5) is 5.82 Å². The van der Waals surface area contributed by atoms with Crippen LogP contribution in [-0.2, 0) is 17.8 Å². The second-order valence-electron chi connectivity index (χ2n) is 8.12. The third-order valence-electron chi connectivity index (χ3n) is 5.63. The molecule has 5 rings (SSSR count). The third kappa shape index (κ3) is 4.91. The Morgan fingerprint density at radius 2 is 1.94 bits per heavy atom. The molecule has 1 amide bonds. The minimum Gasteiger partial charge on any atom is -0.467 e. The number of fused-ring (bicyclic) bond motifs is 1. The molecule has 0 spiro atoms. The number of benzene rings is 1. The maximum absolute atomic E-state index is 13.5. The van der Waals surface area contributed by atoms with Crippen molar-refractivity contribution >= 4 is 51.7 Å². The summed E-state index contributed by atoms with van der Waals surface area (Å²) < 4.78 is 7.37. The molecule has 0 atom stereocenters. The number of rotatable bonds is 7. The van der Waals surface area contributed by atoms with Crippen LogP contribution in [-0.4, -0.2) is 31.1 Å². The fourth-order valence-corrected chi connectivity index (χ4v) is 5.11. The van der Waals surface area contributed by atoms with Gasteiger partial charge >= 0.3 is 0 Å². The van der Waals surface area contributed by atoms with Gasteiger partial charge in [-0.05, 0) is 48.7 Å². The molecule has 9 heteroatoms. The number of hydrogen-bond donors (Lipinski definition) is 1. The lowest BCUT2D eigenvalue weighted by molar-refractivity contribution is -0.122. The number of hydrogen-bond acceptors (Lipinski definition) is 7. The number of aromatic nitrogens is 2. The molecular formula is C26H22N4O3S2. The first kappa shape index (κ1) is 23.1. The van der Waals surface area contributed by atoms with Crippen LogP contribution in [0.5, 0.6) is 0 Å². The van der Waals surface area contributed by atoms with Crippen molar-refractivity contribution < 1.29 is 9.21 Å². The largest absolute Gasteiger partial charge is 0.467 e. The van der Waals surface area contributed by atoms with Crippen molar-refractivity contribution in [2.24, 2.45) is 0 Å². The zero-order chi connectivity index (χ0) is 24.4. The van der Waals surface area contributed by atoms with Gasteiger partial charge in [0.25, 0.3) is 11.5 Å². The van der Waals surface area contributed by atoms with E-state index in [2.05, 4.69) is 10.3 Å². The Balaban J connectivity index is 1.48. The molecule has 1 fully saturated rings. The fourth-order valence-electron chi connectivity index (χ4n) is 3.82. The predicted molar refractivity (Wildman–Crippen MR) is 142 cm³/mol. The van der Waals surface area contributed by atoms with Crippen LogP contribution in [0.15, 0.2) is 81.2 Å². The number of aryl methyl sites for hydroxylation is 1. The molecule has 0 bridgehead atoms. The smallest absolute Gasteiger partial charge is 0.267 e. The van der Waals surface area contributed by atoms with Gasteiger partial charge in [-0.3, -0.25) is 18.9 Å². The summed E-state index contributed by atoms with van der Waals surface area (Å²) in [5, 5.41) is 3.19. The maximum atomic E-state index is 13.5. The molecule has 1 aliphatic heterocycles. The van der Waals surface area contributed by atoms with E-state index in [1.807, 2.05) is 49.4 Å². The summed E-state index contributed by atoms with van der Waals surface area (Å²) in [4.78, 5) is 33.3. The van der Waals surface area contributed by atoms with Crippen LogP contribution in [0, 0.1) is 6.92 Å². The van der Waals surface area contributed by atoms with Crippen molar-refractivity contribution in [3.63, 3.8) is 0 Å². The van der Waals surface area contributed by atoms with Gasteiger partial charge in [0.15, 0.2) is 0 Å². The van der Waals surface area contributed by atoms with Crippen LogP contribution in [0.2, 0.25) is 0 Å². The van der Waals surface area contributed by atoms with E-state index in [1.165, 1.54) is 16.2 Å². The molecule has 4 heterocycles. The van der Waals surface area contributed by atoms with E-state index >= 15 is 0 Å². The number of thioether (sulfide) groups is 1. The van der Waals surface area contributed by atoms with E-state index < -0.39 is 0 Å². The molecule has 1 aromatic carbocycles. The van der Waals surface area contributed by atoms with Crippen molar-refractivity contribution in [1.82, 2.24) is 14.3 Å². The molecule has 7 nitrogen and oxygen atoms in total. The highest BCUT2D eigenvalue weighted by atomic mass is 32.2. The lowest BCUT2D eigenvalue weighted by Crippen LogP contribution is -2.30. The number of thiocarbonyl (C=S) groups is 1. The number of nitrogens with zero attached hydrogens (tertiary/aromatic N) is 3. The van der Waals surface area contributed by atoms with Gasteiger partial charge in [-0.1, -0.05) is 60.4 Å². The second-order valence-corrected chi connectivity index (χ2v) is 9.79. The molecule has 0 saturated carbocycles. The summed E-state index contributed by atoms with van der Waals surface area (Å²) in [5.41, 5.74) is 2.59. The quantitative estimate of drug-likeness (QED) is 0.291. The van der Waals surface area contributed by atoms with E-state index in [1.54, 1.807) is 35.6 Å². The predicted octanol–water partition coefficient (Wildman–Crippen LogP) is 4.65. The molecular weight excluding hydrogens is 480 g/mol. The molecule has 0 unspecified atom stereocenters. The molecule has 1 aliphatic rings. The highest BCUT2D eigenvalue weighted by Crippen LogP contribution is 2.33. The van der Waals surface area contributed by atoms with E-state index in [4.69, 9.17) is 16.6 Å². The van der Waals surface area contributed by atoms with Crippen LogP contribution >= 0.6 is 24.0 Å². The standard InChI is InChI=1S/C26H22N4O3S2/c1-17-9-10-22-28-23(27-15-19-8-5-13-33-19)20(24(31)30(22)16-17)14-21-25(32)29(26(34)35-21)12-11-18-6-3-2-4-7-18/h2-10,13-14,16,27H,11-12,15H2,1H3. The first-order chi connectivity index (χ1) is 17.0.